The lowest BCUT2D eigenvalue weighted by Gasteiger charge is -2.08. The standard InChI is InChI=1S/C26H45NO2/c1-3-4-5-6-7-8-9-10-11-12-13-14-15-16-17-18-21-27-23-24-19-20-25(28)26(22-24)29-2/h10-11,19-20,22,27-28H,3-9,12-18,21,23H2,1-2H3/b11-10+. The van der Waals surface area contributed by atoms with Crippen molar-refractivity contribution in [1.82, 2.24) is 5.32 Å². The lowest BCUT2D eigenvalue weighted by atomic mass is 10.1. The molecule has 0 aliphatic heterocycles. The molecule has 0 saturated carbocycles. The molecule has 0 heterocycles. The van der Waals surface area contributed by atoms with Crippen molar-refractivity contribution in [3.05, 3.63) is 35.9 Å². The first-order chi connectivity index (χ1) is 14.3. The van der Waals surface area contributed by atoms with Gasteiger partial charge in [-0.1, -0.05) is 82.9 Å². The summed E-state index contributed by atoms with van der Waals surface area (Å²) in [6.07, 6.45) is 23.6. The zero-order chi connectivity index (χ0) is 21.0. The van der Waals surface area contributed by atoms with E-state index in [9.17, 15) is 5.11 Å². The van der Waals surface area contributed by atoms with Gasteiger partial charge in [-0.3, -0.25) is 0 Å². The lowest BCUT2D eigenvalue weighted by molar-refractivity contribution is 0.372. The second kappa shape index (κ2) is 18.5. The van der Waals surface area contributed by atoms with Crippen molar-refractivity contribution in [2.24, 2.45) is 0 Å². The minimum absolute atomic E-state index is 0.199. The molecule has 0 atom stereocenters. The molecule has 0 fully saturated rings. The van der Waals surface area contributed by atoms with E-state index in [1.165, 1.54) is 89.9 Å². The second-order valence-electron chi connectivity index (χ2n) is 8.12. The number of ether oxygens (including phenoxy) is 1. The van der Waals surface area contributed by atoms with Crippen LogP contribution in [-0.2, 0) is 6.54 Å². The average molecular weight is 404 g/mol. The number of phenols is 1. The van der Waals surface area contributed by atoms with Crippen molar-refractivity contribution in [2.45, 2.75) is 103 Å². The largest absolute Gasteiger partial charge is 0.504 e. The van der Waals surface area contributed by atoms with Crippen molar-refractivity contribution >= 4 is 0 Å². The first-order valence-corrected chi connectivity index (χ1v) is 12.0. The molecule has 1 rings (SSSR count). The predicted octanol–water partition coefficient (Wildman–Crippen LogP) is 7.53. The van der Waals surface area contributed by atoms with E-state index in [1.54, 1.807) is 13.2 Å². The van der Waals surface area contributed by atoms with E-state index in [4.69, 9.17) is 4.74 Å². The van der Waals surface area contributed by atoms with Crippen molar-refractivity contribution in [2.75, 3.05) is 13.7 Å². The highest BCUT2D eigenvalue weighted by Crippen LogP contribution is 2.26. The summed E-state index contributed by atoms with van der Waals surface area (Å²) in [5.41, 5.74) is 1.14. The molecular weight excluding hydrogens is 358 g/mol. The Balaban J connectivity index is 1.84. The van der Waals surface area contributed by atoms with E-state index in [2.05, 4.69) is 24.4 Å². The van der Waals surface area contributed by atoms with Crippen LogP contribution in [0.5, 0.6) is 11.5 Å². The maximum Gasteiger partial charge on any atom is 0.160 e. The van der Waals surface area contributed by atoms with Crippen LogP contribution in [-0.4, -0.2) is 18.8 Å². The number of allylic oxidation sites excluding steroid dienone is 2. The zero-order valence-electron chi connectivity index (χ0n) is 19.1. The van der Waals surface area contributed by atoms with Crippen LogP contribution in [0, 0.1) is 0 Å². The molecule has 166 valence electrons. The van der Waals surface area contributed by atoms with Gasteiger partial charge in [0.05, 0.1) is 7.11 Å². The molecule has 3 nitrogen and oxygen atoms in total. The van der Waals surface area contributed by atoms with Crippen LogP contribution in [0.25, 0.3) is 0 Å². The van der Waals surface area contributed by atoms with Gasteiger partial charge in [0, 0.05) is 6.54 Å². The molecular formula is C26H45NO2. The molecule has 1 aromatic rings. The molecule has 3 heteroatoms. The van der Waals surface area contributed by atoms with Gasteiger partial charge in [-0.2, -0.15) is 0 Å². The molecule has 0 amide bonds. The number of aromatic hydroxyl groups is 1. The molecule has 0 aliphatic rings. The highest BCUT2D eigenvalue weighted by atomic mass is 16.5. The monoisotopic (exact) mass is 403 g/mol. The van der Waals surface area contributed by atoms with Crippen LogP contribution in [0.4, 0.5) is 0 Å². The number of nitrogens with one attached hydrogen (secondary N) is 1. The number of phenolic OH excluding ortho intramolecular Hbond substituents is 1. The minimum Gasteiger partial charge on any atom is -0.504 e. The summed E-state index contributed by atoms with van der Waals surface area (Å²) in [4.78, 5) is 0. The summed E-state index contributed by atoms with van der Waals surface area (Å²) in [7, 11) is 1.58. The van der Waals surface area contributed by atoms with Crippen molar-refractivity contribution < 1.29 is 9.84 Å². The topological polar surface area (TPSA) is 41.5 Å². The van der Waals surface area contributed by atoms with Crippen molar-refractivity contribution in [1.29, 1.82) is 0 Å². The molecule has 1 aromatic carbocycles. The van der Waals surface area contributed by atoms with Gasteiger partial charge >= 0.3 is 0 Å². The van der Waals surface area contributed by atoms with Gasteiger partial charge in [0.1, 0.15) is 0 Å². The zero-order valence-corrected chi connectivity index (χ0v) is 19.1. The van der Waals surface area contributed by atoms with Gasteiger partial charge in [0.15, 0.2) is 11.5 Å². The molecule has 2 N–H and O–H groups in total. The van der Waals surface area contributed by atoms with E-state index in [1.807, 2.05) is 12.1 Å². The molecule has 0 bridgehead atoms. The van der Waals surface area contributed by atoms with Gasteiger partial charge in [0.2, 0.25) is 0 Å². The Morgan fingerprint density at radius 3 is 2.03 bits per heavy atom. The first kappa shape index (κ1) is 25.6. The number of rotatable bonds is 19. The highest BCUT2D eigenvalue weighted by molar-refractivity contribution is 5.41. The normalized spacial score (nSPS) is 11.4. The summed E-state index contributed by atoms with van der Waals surface area (Å²) in [5, 5.41) is 13.1. The van der Waals surface area contributed by atoms with Crippen LogP contribution in [0.2, 0.25) is 0 Å². The Kier molecular flexibility index (Phi) is 16.3. The van der Waals surface area contributed by atoms with E-state index < -0.39 is 0 Å². The Morgan fingerprint density at radius 2 is 1.41 bits per heavy atom. The van der Waals surface area contributed by atoms with E-state index >= 15 is 0 Å². The second-order valence-corrected chi connectivity index (χ2v) is 8.12. The Hall–Kier alpha value is -1.48. The minimum atomic E-state index is 0.199. The van der Waals surface area contributed by atoms with Crippen LogP contribution in [0.1, 0.15) is 102 Å². The molecule has 29 heavy (non-hydrogen) atoms. The van der Waals surface area contributed by atoms with Crippen LogP contribution in [0.3, 0.4) is 0 Å². The summed E-state index contributed by atoms with van der Waals surface area (Å²) < 4.78 is 5.14. The van der Waals surface area contributed by atoms with Gasteiger partial charge in [0.25, 0.3) is 0 Å². The maximum absolute atomic E-state index is 9.61. The summed E-state index contributed by atoms with van der Waals surface area (Å²) in [6, 6.07) is 5.52. The molecule has 0 saturated heterocycles. The van der Waals surface area contributed by atoms with Crippen LogP contribution in [0.15, 0.2) is 30.4 Å². The molecule has 0 unspecified atom stereocenters. The fourth-order valence-electron chi connectivity index (χ4n) is 3.56. The number of hydrogen-bond acceptors (Lipinski definition) is 3. The molecule has 0 aromatic heterocycles. The fraction of sp³-hybridized carbons (Fsp3) is 0.692. The van der Waals surface area contributed by atoms with E-state index in [0.29, 0.717) is 5.75 Å². The molecule has 0 aliphatic carbocycles. The third-order valence-corrected chi connectivity index (χ3v) is 5.44. The Morgan fingerprint density at radius 1 is 0.828 bits per heavy atom. The van der Waals surface area contributed by atoms with Crippen molar-refractivity contribution in [3.63, 3.8) is 0 Å². The molecule has 0 radical (unpaired) electrons. The predicted molar refractivity (Wildman–Crippen MR) is 126 cm³/mol. The number of unbranched alkanes of at least 4 members (excludes halogenated alkanes) is 12. The van der Waals surface area contributed by atoms with Gasteiger partial charge in [-0.25, -0.2) is 0 Å². The van der Waals surface area contributed by atoms with Crippen LogP contribution < -0.4 is 10.1 Å². The summed E-state index contributed by atoms with van der Waals surface area (Å²) in [6.45, 7) is 4.14. The average Bonchev–Trinajstić information content (AvgIpc) is 2.74. The maximum atomic E-state index is 9.61. The summed E-state index contributed by atoms with van der Waals surface area (Å²) in [5.74, 6) is 0.742. The highest BCUT2D eigenvalue weighted by Gasteiger charge is 2.02. The fourth-order valence-corrected chi connectivity index (χ4v) is 3.56. The SMILES string of the molecule is CCCCCCCC/C=C/CCCCCCCCNCc1ccc(O)c(OC)c1. The summed E-state index contributed by atoms with van der Waals surface area (Å²) >= 11 is 0. The third kappa shape index (κ3) is 14.2. The first-order valence-electron chi connectivity index (χ1n) is 12.0. The van der Waals surface area contributed by atoms with E-state index in [0.717, 1.165) is 18.7 Å². The number of benzene rings is 1. The number of hydrogen-bond donors (Lipinski definition) is 2. The Labute approximate surface area is 179 Å². The smallest absolute Gasteiger partial charge is 0.160 e. The quantitative estimate of drug-likeness (QED) is 0.185. The van der Waals surface area contributed by atoms with Gasteiger partial charge in [-0.05, 0) is 56.3 Å². The lowest BCUT2D eigenvalue weighted by Crippen LogP contribution is -2.14. The van der Waals surface area contributed by atoms with Gasteiger partial charge in [-0.15, -0.1) is 0 Å². The van der Waals surface area contributed by atoms with Crippen LogP contribution >= 0.6 is 0 Å². The Bertz CT molecular complexity index is 527. The molecule has 0 spiro atoms. The van der Waals surface area contributed by atoms with E-state index in [-0.39, 0.29) is 5.75 Å². The van der Waals surface area contributed by atoms with Gasteiger partial charge < -0.3 is 15.2 Å². The van der Waals surface area contributed by atoms with Crippen molar-refractivity contribution in [3.8, 4) is 11.5 Å². The number of methoxy groups -OCH3 is 1. The third-order valence-electron chi connectivity index (χ3n) is 5.44.